The molecule has 1 fully saturated rings. The Bertz CT molecular complexity index is 1210. The van der Waals surface area contributed by atoms with Gasteiger partial charge in [0.05, 0.1) is 16.9 Å². The Kier molecular flexibility index (Phi) is 8.75. The molecule has 36 heavy (non-hydrogen) atoms. The quantitative estimate of drug-likeness (QED) is 0.451. The maximum Gasteiger partial charge on any atom is 0.391 e. The van der Waals surface area contributed by atoms with Crippen molar-refractivity contribution in [3.05, 3.63) is 46.3 Å². The molecule has 0 radical (unpaired) electrons. The van der Waals surface area contributed by atoms with E-state index in [9.17, 15) is 30.8 Å². The lowest BCUT2D eigenvalue weighted by atomic mass is 9.89. The maximum absolute atomic E-state index is 15.0. The van der Waals surface area contributed by atoms with E-state index in [2.05, 4.69) is 10.3 Å². The van der Waals surface area contributed by atoms with Crippen molar-refractivity contribution < 1.29 is 30.8 Å². The molecular formula is C24H30ClF4N3O3S. The van der Waals surface area contributed by atoms with E-state index in [0.29, 0.717) is 44.5 Å². The minimum absolute atomic E-state index is 0.00842. The van der Waals surface area contributed by atoms with Crippen LogP contribution in [0, 0.1) is 17.7 Å². The number of hydrogen-bond donors (Lipinski definition) is 1. The summed E-state index contributed by atoms with van der Waals surface area (Å²) in [5.41, 5.74) is 0.109. The van der Waals surface area contributed by atoms with E-state index in [-0.39, 0.29) is 39.7 Å². The number of carbonyl (C=O) groups is 1. The van der Waals surface area contributed by atoms with Crippen LogP contribution >= 0.6 is 11.6 Å². The normalized spacial score (nSPS) is 19.8. The number of aryl methyl sites for hydroxylation is 1. The summed E-state index contributed by atoms with van der Waals surface area (Å²) in [7, 11) is -3.08. The fourth-order valence-electron chi connectivity index (χ4n) is 4.48. The van der Waals surface area contributed by atoms with Crippen LogP contribution in [0.25, 0.3) is 5.69 Å². The molecule has 1 aromatic heterocycles. The number of rotatable bonds is 8. The highest BCUT2D eigenvalue weighted by molar-refractivity contribution is 7.91. The van der Waals surface area contributed by atoms with Gasteiger partial charge in [-0.3, -0.25) is 9.36 Å². The summed E-state index contributed by atoms with van der Waals surface area (Å²) < 4.78 is 78.3. The average molecular weight is 552 g/mol. The molecule has 1 aliphatic rings. The third-order valence-electron chi connectivity index (χ3n) is 6.73. The van der Waals surface area contributed by atoms with E-state index in [4.69, 9.17) is 11.6 Å². The van der Waals surface area contributed by atoms with Gasteiger partial charge in [-0.25, -0.2) is 17.8 Å². The van der Waals surface area contributed by atoms with Gasteiger partial charge in [0, 0.05) is 19.2 Å². The number of imidazole rings is 1. The van der Waals surface area contributed by atoms with Crippen molar-refractivity contribution in [1.29, 1.82) is 0 Å². The monoisotopic (exact) mass is 551 g/mol. The molecule has 1 amide bonds. The van der Waals surface area contributed by atoms with Crippen molar-refractivity contribution in [3.8, 4) is 5.69 Å². The Morgan fingerprint density at radius 2 is 1.89 bits per heavy atom. The molecule has 1 aliphatic carbocycles. The molecule has 3 rings (SSSR count). The second-order valence-electron chi connectivity index (χ2n) is 9.47. The number of nitrogens with zero attached hydrogens (tertiary/aromatic N) is 2. The van der Waals surface area contributed by atoms with E-state index in [1.807, 2.05) is 0 Å². The first-order valence-electron chi connectivity index (χ1n) is 11.8. The van der Waals surface area contributed by atoms with Crippen LogP contribution in [0.2, 0.25) is 5.15 Å². The third-order valence-corrected chi connectivity index (χ3v) is 8.76. The summed E-state index contributed by atoms with van der Waals surface area (Å²) in [6.45, 7) is 3.13. The molecule has 2 aromatic rings. The van der Waals surface area contributed by atoms with Crippen molar-refractivity contribution in [2.45, 2.75) is 63.8 Å². The molecule has 0 aliphatic heterocycles. The van der Waals surface area contributed by atoms with Gasteiger partial charge in [0.15, 0.2) is 5.69 Å². The fourth-order valence-corrected chi connectivity index (χ4v) is 5.93. The van der Waals surface area contributed by atoms with Crippen molar-refractivity contribution in [2.24, 2.45) is 11.8 Å². The summed E-state index contributed by atoms with van der Waals surface area (Å²) >= 11 is 6.44. The lowest BCUT2D eigenvalue weighted by Gasteiger charge is -2.27. The van der Waals surface area contributed by atoms with Crippen molar-refractivity contribution in [2.75, 3.05) is 12.8 Å². The predicted octanol–water partition coefficient (Wildman–Crippen LogP) is 5.30. The third kappa shape index (κ3) is 6.59. The Labute approximate surface area is 213 Å². The van der Waals surface area contributed by atoms with Gasteiger partial charge in [0.1, 0.15) is 26.6 Å². The number of hydrogen-bond acceptors (Lipinski definition) is 4. The van der Waals surface area contributed by atoms with Gasteiger partial charge in [-0.2, -0.15) is 13.2 Å². The highest BCUT2D eigenvalue weighted by Crippen LogP contribution is 2.31. The number of carbonyl (C=O) groups excluding carboxylic acids is 1. The first-order chi connectivity index (χ1) is 16.7. The highest BCUT2D eigenvalue weighted by Gasteiger charge is 2.36. The number of amides is 1. The topological polar surface area (TPSA) is 81.1 Å². The predicted molar refractivity (Wildman–Crippen MR) is 130 cm³/mol. The van der Waals surface area contributed by atoms with E-state index < -0.39 is 33.7 Å². The summed E-state index contributed by atoms with van der Waals surface area (Å²) in [4.78, 5) is 17.1. The molecular weight excluding hydrogens is 522 g/mol. The van der Waals surface area contributed by atoms with E-state index in [1.54, 1.807) is 6.92 Å². The Morgan fingerprint density at radius 1 is 1.25 bits per heavy atom. The first-order valence-corrected chi connectivity index (χ1v) is 14.1. The van der Waals surface area contributed by atoms with E-state index in [1.165, 1.54) is 23.0 Å². The zero-order valence-electron chi connectivity index (χ0n) is 20.3. The molecule has 200 valence electrons. The van der Waals surface area contributed by atoms with Crippen LogP contribution in [0.15, 0.2) is 18.2 Å². The van der Waals surface area contributed by atoms with Crippen LogP contribution in [-0.2, 0) is 22.7 Å². The summed E-state index contributed by atoms with van der Waals surface area (Å²) in [6, 6.07) is 3.78. The molecule has 6 nitrogen and oxygen atoms in total. The Balaban J connectivity index is 1.74. The second kappa shape index (κ2) is 11.1. The van der Waals surface area contributed by atoms with Crippen LogP contribution < -0.4 is 5.32 Å². The van der Waals surface area contributed by atoms with E-state index in [0.717, 1.165) is 13.0 Å². The molecule has 0 spiro atoms. The fraction of sp³-hybridized carbons (Fsp3) is 0.583. The maximum atomic E-state index is 15.0. The molecule has 1 saturated carbocycles. The number of sulfone groups is 1. The molecule has 1 unspecified atom stereocenters. The van der Waals surface area contributed by atoms with Crippen LogP contribution in [0.1, 0.15) is 61.4 Å². The molecule has 12 heteroatoms. The number of alkyl halides is 3. The van der Waals surface area contributed by atoms with E-state index >= 15 is 0 Å². The molecule has 1 heterocycles. The average Bonchev–Trinajstić information content (AvgIpc) is 3.13. The van der Waals surface area contributed by atoms with Gasteiger partial charge in [-0.15, -0.1) is 0 Å². The van der Waals surface area contributed by atoms with Gasteiger partial charge in [0.25, 0.3) is 5.91 Å². The van der Waals surface area contributed by atoms with Gasteiger partial charge in [0.2, 0.25) is 0 Å². The summed E-state index contributed by atoms with van der Waals surface area (Å²) in [5, 5.41) is 2.35. The van der Waals surface area contributed by atoms with Crippen molar-refractivity contribution >= 4 is 27.3 Å². The summed E-state index contributed by atoms with van der Waals surface area (Å²) in [6.07, 6.45) is -0.739. The van der Waals surface area contributed by atoms with Crippen molar-refractivity contribution in [3.63, 3.8) is 0 Å². The van der Waals surface area contributed by atoms with Crippen LogP contribution in [0.3, 0.4) is 0 Å². The van der Waals surface area contributed by atoms with Crippen LogP contribution in [0.5, 0.6) is 0 Å². The SMILES string of the molecule is CCc1nc(C(=O)NCC2CCC(S(C)(=O)=O)CC2)c(Cl)n1-c1ccc(CC(C)C(F)(F)F)cc1F. The lowest BCUT2D eigenvalue weighted by molar-refractivity contribution is -0.169. The molecule has 1 atom stereocenters. The molecule has 0 bridgehead atoms. The lowest BCUT2D eigenvalue weighted by Crippen LogP contribution is -2.34. The number of halogens is 5. The van der Waals surface area contributed by atoms with Gasteiger partial charge < -0.3 is 5.32 Å². The highest BCUT2D eigenvalue weighted by atomic mass is 35.5. The van der Waals surface area contributed by atoms with Gasteiger partial charge in [-0.1, -0.05) is 31.5 Å². The standard InChI is InChI=1S/C24H30ClF4N3O3S/c1-4-20-31-21(23(33)30-13-15-5-8-17(9-6-15)36(3,34)35)22(25)32(20)19-10-7-16(12-18(19)26)11-14(2)24(27,28)29/h7,10,12,14-15,17H,4-6,8-9,11,13H2,1-3H3,(H,30,33). The molecule has 0 saturated heterocycles. The second-order valence-corrected chi connectivity index (χ2v) is 12.2. The molecule has 1 N–H and O–H groups in total. The number of benzene rings is 1. The largest absolute Gasteiger partial charge is 0.391 e. The van der Waals surface area contributed by atoms with Crippen molar-refractivity contribution in [1.82, 2.24) is 14.9 Å². The summed E-state index contributed by atoms with van der Waals surface area (Å²) in [5.74, 6) is -2.47. The minimum atomic E-state index is -4.38. The first kappa shape index (κ1) is 28.4. The zero-order valence-corrected chi connectivity index (χ0v) is 21.9. The Morgan fingerprint density at radius 3 is 2.42 bits per heavy atom. The van der Waals surface area contributed by atoms with Crippen LogP contribution in [0.4, 0.5) is 17.6 Å². The van der Waals surface area contributed by atoms with Crippen LogP contribution in [-0.4, -0.2) is 48.1 Å². The minimum Gasteiger partial charge on any atom is -0.350 e. The van der Waals surface area contributed by atoms with Gasteiger partial charge in [-0.05, 0) is 55.7 Å². The Hall–Kier alpha value is -2.14. The zero-order chi connectivity index (χ0) is 26.8. The number of aromatic nitrogens is 2. The molecule has 1 aromatic carbocycles. The number of nitrogens with one attached hydrogen (secondary N) is 1. The van der Waals surface area contributed by atoms with Gasteiger partial charge >= 0.3 is 6.18 Å². The smallest absolute Gasteiger partial charge is 0.350 e.